The Hall–Kier alpha value is -1.36. The first-order chi connectivity index (χ1) is 5.52. The van der Waals surface area contributed by atoms with E-state index >= 15 is 0 Å². The van der Waals surface area contributed by atoms with Gasteiger partial charge in [-0.15, -0.1) is 0 Å². The molecule has 1 atom stereocenters. The van der Waals surface area contributed by atoms with E-state index in [1.54, 1.807) is 13.8 Å². The first-order valence-electron chi connectivity index (χ1n) is 3.37. The second kappa shape index (κ2) is 2.94. The van der Waals surface area contributed by atoms with E-state index in [4.69, 9.17) is 14.6 Å². The van der Waals surface area contributed by atoms with Crippen molar-refractivity contribution in [3.8, 4) is 0 Å². The third-order valence-electron chi connectivity index (χ3n) is 1.51. The highest BCUT2D eigenvalue weighted by molar-refractivity contribution is 5.72. The number of carboxylic acid groups (broad SMARTS) is 1. The summed E-state index contributed by atoms with van der Waals surface area (Å²) in [6, 6.07) is 0. The Kier molecular flexibility index (Phi) is 2.14. The van der Waals surface area contributed by atoms with Crippen LogP contribution in [0.1, 0.15) is 23.4 Å². The molecule has 1 aromatic rings. The largest absolute Gasteiger partial charge is 0.479 e. The fourth-order valence-electron chi connectivity index (χ4n) is 0.720. The molecule has 0 amide bonds. The molecule has 1 aromatic heterocycles. The Labute approximate surface area is 68.7 Å². The molecule has 12 heavy (non-hydrogen) atoms. The van der Waals surface area contributed by atoms with Crippen molar-refractivity contribution in [2.45, 2.75) is 20.0 Å². The molecule has 66 valence electrons. The molecule has 0 fully saturated rings. The minimum atomic E-state index is -1.67. The van der Waals surface area contributed by atoms with Crippen LogP contribution < -0.4 is 0 Å². The lowest BCUT2D eigenvalue weighted by Crippen LogP contribution is -2.10. The number of aliphatic hydroxyl groups excluding tert-OH is 1. The van der Waals surface area contributed by atoms with Crippen molar-refractivity contribution >= 4 is 5.97 Å². The highest BCUT2D eigenvalue weighted by Gasteiger charge is 2.22. The normalized spacial score (nSPS) is 12.9. The highest BCUT2D eigenvalue weighted by Crippen LogP contribution is 2.15. The van der Waals surface area contributed by atoms with Gasteiger partial charge in [-0.1, -0.05) is 0 Å². The third kappa shape index (κ3) is 1.45. The monoisotopic (exact) mass is 171 g/mol. The van der Waals surface area contributed by atoms with Crippen LogP contribution in [0.25, 0.3) is 0 Å². The molecule has 0 radical (unpaired) electrons. The molecule has 0 aromatic carbocycles. The quantitative estimate of drug-likeness (QED) is 0.673. The van der Waals surface area contributed by atoms with Gasteiger partial charge in [0.05, 0.1) is 5.69 Å². The Balaban J connectivity index is 2.96. The second-order valence-electron chi connectivity index (χ2n) is 2.43. The van der Waals surface area contributed by atoms with E-state index in [9.17, 15) is 4.79 Å². The van der Waals surface area contributed by atoms with Crippen molar-refractivity contribution < 1.29 is 19.4 Å². The molecule has 0 aliphatic heterocycles. The van der Waals surface area contributed by atoms with E-state index in [0.29, 0.717) is 11.5 Å². The van der Waals surface area contributed by atoms with Crippen LogP contribution in [0.5, 0.6) is 0 Å². The molecule has 0 saturated heterocycles. The van der Waals surface area contributed by atoms with Crippen molar-refractivity contribution in [1.82, 2.24) is 4.98 Å². The Morgan fingerprint density at radius 2 is 2.17 bits per heavy atom. The molecule has 5 heteroatoms. The SMILES string of the molecule is Cc1nc(C(O)C(=O)O)oc1C. The summed E-state index contributed by atoms with van der Waals surface area (Å²) in [5.74, 6) is -1.01. The van der Waals surface area contributed by atoms with Crippen LogP contribution in [0.3, 0.4) is 0 Å². The van der Waals surface area contributed by atoms with Gasteiger partial charge in [0.1, 0.15) is 5.76 Å². The van der Waals surface area contributed by atoms with Crippen molar-refractivity contribution in [2.75, 3.05) is 0 Å². The van der Waals surface area contributed by atoms with Gasteiger partial charge < -0.3 is 14.6 Å². The number of nitrogens with zero attached hydrogens (tertiary/aromatic N) is 1. The lowest BCUT2D eigenvalue weighted by atomic mass is 10.4. The summed E-state index contributed by atoms with van der Waals surface area (Å²) in [4.78, 5) is 14.0. The van der Waals surface area contributed by atoms with E-state index in [1.807, 2.05) is 0 Å². The molecule has 0 aliphatic carbocycles. The first kappa shape index (κ1) is 8.73. The lowest BCUT2D eigenvalue weighted by Gasteiger charge is -1.97. The number of rotatable bonds is 2. The van der Waals surface area contributed by atoms with Crippen molar-refractivity contribution in [3.05, 3.63) is 17.3 Å². The van der Waals surface area contributed by atoms with Crippen LogP contribution in [0.15, 0.2) is 4.42 Å². The van der Waals surface area contributed by atoms with E-state index < -0.39 is 12.1 Å². The third-order valence-corrected chi connectivity index (χ3v) is 1.51. The van der Waals surface area contributed by atoms with Gasteiger partial charge in [0.2, 0.25) is 12.0 Å². The van der Waals surface area contributed by atoms with E-state index in [-0.39, 0.29) is 5.89 Å². The summed E-state index contributed by atoms with van der Waals surface area (Å²) in [5, 5.41) is 17.4. The van der Waals surface area contributed by atoms with Gasteiger partial charge in [-0.3, -0.25) is 0 Å². The Morgan fingerprint density at radius 3 is 2.50 bits per heavy atom. The minimum absolute atomic E-state index is 0.169. The Morgan fingerprint density at radius 1 is 1.58 bits per heavy atom. The summed E-state index contributed by atoms with van der Waals surface area (Å²) in [5.41, 5.74) is 0.588. The van der Waals surface area contributed by atoms with Crippen LogP contribution in [0.4, 0.5) is 0 Å². The van der Waals surface area contributed by atoms with Gasteiger partial charge in [-0.2, -0.15) is 0 Å². The number of oxazole rings is 1. The fourth-order valence-corrected chi connectivity index (χ4v) is 0.720. The topological polar surface area (TPSA) is 83.6 Å². The van der Waals surface area contributed by atoms with Crippen LogP contribution in [-0.2, 0) is 4.79 Å². The summed E-state index contributed by atoms with van der Waals surface area (Å²) < 4.78 is 4.90. The number of hydrogen-bond donors (Lipinski definition) is 2. The van der Waals surface area contributed by atoms with Crippen LogP contribution in [0, 0.1) is 13.8 Å². The molecule has 1 rings (SSSR count). The molecule has 1 heterocycles. The predicted octanol–water partition coefficient (Wildman–Crippen LogP) is 0.409. The molecule has 2 N–H and O–H groups in total. The average molecular weight is 171 g/mol. The zero-order chi connectivity index (χ0) is 9.30. The van der Waals surface area contributed by atoms with Crippen molar-refractivity contribution in [3.63, 3.8) is 0 Å². The van der Waals surface area contributed by atoms with Crippen molar-refractivity contribution in [2.24, 2.45) is 0 Å². The van der Waals surface area contributed by atoms with Gasteiger partial charge in [0, 0.05) is 0 Å². The van der Waals surface area contributed by atoms with Gasteiger partial charge in [0.15, 0.2) is 0 Å². The number of carboxylic acids is 1. The number of carbonyl (C=O) groups is 1. The molecule has 0 spiro atoms. The smallest absolute Gasteiger partial charge is 0.342 e. The summed E-state index contributed by atoms with van der Waals surface area (Å²) in [6.45, 7) is 3.33. The second-order valence-corrected chi connectivity index (χ2v) is 2.43. The maximum absolute atomic E-state index is 10.3. The summed E-state index contributed by atoms with van der Waals surface area (Å²) >= 11 is 0. The molecular weight excluding hydrogens is 162 g/mol. The number of aliphatic hydroxyl groups is 1. The summed E-state index contributed by atoms with van der Waals surface area (Å²) in [6.07, 6.45) is -1.67. The van der Waals surface area contributed by atoms with Gasteiger partial charge >= 0.3 is 5.97 Å². The zero-order valence-corrected chi connectivity index (χ0v) is 6.74. The van der Waals surface area contributed by atoms with Gasteiger partial charge in [0.25, 0.3) is 0 Å². The lowest BCUT2D eigenvalue weighted by molar-refractivity contribution is -0.148. The standard InChI is InChI=1S/C7H9NO4/c1-3-4(2)12-6(8-3)5(9)7(10)11/h5,9H,1-2H3,(H,10,11). The molecule has 0 aliphatic rings. The maximum atomic E-state index is 10.3. The molecule has 1 unspecified atom stereocenters. The van der Waals surface area contributed by atoms with Crippen LogP contribution >= 0.6 is 0 Å². The van der Waals surface area contributed by atoms with Gasteiger partial charge in [-0.05, 0) is 13.8 Å². The first-order valence-corrected chi connectivity index (χ1v) is 3.37. The van der Waals surface area contributed by atoms with Crippen LogP contribution in [0.2, 0.25) is 0 Å². The molecular formula is C7H9NO4. The zero-order valence-electron chi connectivity index (χ0n) is 6.74. The predicted molar refractivity (Wildman–Crippen MR) is 38.6 cm³/mol. The van der Waals surface area contributed by atoms with E-state index in [0.717, 1.165) is 0 Å². The van der Waals surface area contributed by atoms with E-state index in [2.05, 4.69) is 4.98 Å². The van der Waals surface area contributed by atoms with Crippen LogP contribution in [-0.4, -0.2) is 21.2 Å². The summed E-state index contributed by atoms with van der Waals surface area (Å²) in [7, 11) is 0. The molecule has 5 nitrogen and oxygen atoms in total. The number of aryl methyl sites for hydroxylation is 2. The van der Waals surface area contributed by atoms with Gasteiger partial charge in [-0.25, -0.2) is 9.78 Å². The minimum Gasteiger partial charge on any atom is -0.479 e. The number of aliphatic carboxylic acids is 1. The van der Waals surface area contributed by atoms with Crippen molar-refractivity contribution in [1.29, 1.82) is 0 Å². The molecule has 0 bridgehead atoms. The number of aromatic nitrogens is 1. The van der Waals surface area contributed by atoms with E-state index in [1.165, 1.54) is 0 Å². The Bertz CT molecular complexity index is 285. The average Bonchev–Trinajstić information content (AvgIpc) is 2.30. The number of hydrogen-bond acceptors (Lipinski definition) is 4. The fraction of sp³-hybridized carbons (Fsp3) is 0.429. The highest BCUT2D eigenvalue weighted by atomic mass is 16.4. The maximum Gasteiger partial charge on any atom is 0.342 e. The molecule has 0 saturated carbocycles.